The predicted octanol–water partition coefficient (Wildman–Crippen LogP) is 3.24. The molecule has 0 spiro atoms. The van der Waals surface area contributed by atoms with E-state index in [1.807, 2.05) is 0 Å². The number of ketones is 8. The van der Waals surface area contributed by atoms with Crippen molar-refractivity contribution < 1.29 is 142 Å². The second-order valence-electron chi connectivity index (χ2n) is 36.0. The minimum Gasteiger partial charge on any atom is -0.508 e. The van der Waals surface area contributed by atoms with Gasteiger partial charge in [-0.05, 0) is 138 Å². The van der Waals surface area contributed by atoms with Gasteiger partial charge < -0.3 is 88.9 Å². The summed E-state index contributed by atoms with van der Waals surface area (Å²) >= 11 is 0.942. The van der Waals surface area contributed by atoms with Gasteiger partial charge in [-0.2, -0.15) is 0 Å². The molecule has 16 atom stereocenters. The summed E-state index contributed by atoms with van der Waals surface area (Å²) in [6, 6.07) is 10.4. The first kappa shape index (κ1) is 115. The number of Topliss-reactive ketones (excluding diaryl/α,β-unsaturated/α-hetero) is 8. The Morgan fingerprint density at radius 2 is 0.925 bits per heavy atom. The van der Waals surface area contributed by atoms with Crippen molar-refractivity contribution >= 4 is 129 Å². The number of nitrogens with zero attached hydrogens (tertiary/aromatic N) is 1. The second-order valence-corrected chi connectivity index (χ2v) is 37.0. The molecule has 1 heterocycles. The topological polar surface area (TPSA) is 637 Å². The van der Waals surface area contributed by atoms with Crippen LogP contribution < -0.4 is 43.0 Å². The number of benzene rings is 3. The van der Waals surface area contributed by atoms with Gasteiger partial charge in [-0.1, -0.05) is 109 Å². The minimum atomic E-state index is -2.00. The van der Waals surface area contributed by atoms with Crippen molar-refractivity contribution in [3.8, 4) is 11.5 Å². The average molecular weight is 1900 g/mol. The Labute approximate surface area is 783 Å². The number of hydrogen-bond acceptors (Lipinski definition) is 28. The molecule has 0 unspecified atom stereocenters. The van der Waals surface area contributed by atoms with E-state index in [9.17, 15) is 142 Å². The van der Waals surface area contributed by atoms with E-state index >= 15 is 0 Å². The van der Waals surface area contributed by atoms with Crippen LogP contribution in [0.2, 0.25) is 0 Å². The number of carbonyl (C=O) groups is 20. The largest absolute Gasteiger partial charge is 0.508 e. The minimum absolute atomic E-state index is 0.00617. The number of imide groups is 1. The number of phenolic OH excluding ortho intramolecular Hbond substituents is 2. The number of thioether (sulfide) groups is 1. The molecule has 0 bridgehead atoms. The molecule has 18 N–H and O–H groups in total. The van der Waals surface area contributed by atoms with Crippen molar-refractivity contribution in [3.05, 3.63) is 95.6 Å². The van der Waals surface area contributed by atoms with Crippen molar-refractivity contribution in [2.24, 2.45) is 64.4 Å². The Morgan fingerprint density at radius 3 is 1.45 bits per heavy atom. The van der Waals surface area contributed by atoms with Crippen LogP contribution >= 0.6 is 11.8 Å². The van der Waals surface area contributed by atoms with E-state index in [0.717, 1.165) is 30.5 Å². The number of aromatic hydroxyl groups is 2. The summed E-state index contributed by atoms with van der Waals surface area (Å²) in [6.07, 6.45) is -9.46. The molecular formula is C95H135N9O29S. The van der Waals surface area contributed by atoms with Crippen LogP contribution in [0.5, 0.6) is 11.5 Å². The van der Waals surface area contributed by atoms with Gasteiger partial charge in [0.15, 0.2) is 34.7 Å². The summed E-state index contributed by atoms with van der Waals surface area (Å²) in [5.74, 6) is -30.9. The van der Waals surface area contributed by atoms with Gasteiger partial charge in [0.25, 0.3) is 0 Å². The van der Waals surface area contributed by atoms with Crippen LogP contribution in [0.3, 0.4) is 0 Å². The van der Waals surface area contributed by atoms with Crippen molar-refractivity contribution in [2.45, 2.75) is 258 Å². The Bertz CT molecular complexity index is 4530. The quantitative estimate of drug-likeness (QED) is 0.0285. The van der Waals surface area contributed by atoms with Crippen LogP contribution in [0.1, 0.15) is 207 Å². The van der Waals surface area contributed by atoms with E-state index in [4.69, 9.17) is 5.73 Å². The summed E-state index contributed by atoms with van der Waals surface area (Å²) in [5, 5.41) is 111. The highest BCUT2D eigenvalue weighted by Gasteiger charge is 2.43. The molecule has 134 heavy (non-hydrogen) atoms. The lowest BCUT2D eigenvalue weighted by molar-refractivity contribution is -0.156. The van der Waals surface area contributed by atoms with E-state index in [0.29, 0.717) is 43.4 Å². The van der Waals surface area contributed by atoms with Gasteiger partial charge in [0, 0.05) is 94.0 Å². The number of aliphatic carboxylic acids is 3. The maximum atomic E-state index is 14.9. The number of piperidine rings is 1. The van der Waals surface area contributed by atoms with Gasteiger partial charge in [0.2, 0.25) is 53.2 Å². The highest BCUT2D eigenvalue weighted by atomic mass is 32.2. The van der Waals surface area contributed by atoms with Crippen LogP contribution in [0.15, 0.2) is 78.9 Å². The van der Waals surface area contributed by atoms with Crippen molar-refractivity contribution in [3.63, 3.8) is 0 Å². The number of rotatable bonds is 67. The molecule has 1 aliphatic heterocycles. The third kappa shape index (κ3) is 40.8. The summed E-state index contributed by atoms with van der Waals surface area (Å²) < 4.78 is 0. The first-order chi connectivity index (χ1) is 63.1. The molecule has 1 aliphatic rings. The number of amides is 9. The highest BCUT2D eigenvalue weighted by molar-refractivity contribution is 8.00. The predicted molar refractivity (Wildman–Crippen MR) is 488 cm³/mol. The third-order valence-electron chi connectivity index (χ3n) is 23.6. The van der Waals surface area contributed by atoms with Crippen molar-refractivity contribution in [1.29, 1.82) is 0 Å². The zero-order chi connectivity index (χ0) is 100. The fourth-order valence-corrected chi connectivity index (χ4v) is 16.2. The third-order valence-corrected chi connectivity index (χ3v) is 24.7. The standard InChI is InChI=1S/C95H135N9O29S/c1-10-54(4)86(81(118)42-62(36-59-21-26-66(109)27-22-59)89(128)99-73(35-53(2)3)77(114)40-63(44-84(122)123)88(127)98-55(5)17-14-15-33-96)103-91(130)65(49-105)43-78(115)74(38-60-23-28-67(110)29-24-60)100-90(129)64(45-85(124)125)41-79(116)76(50-106)102-93(132)72(57(7)108)47-80(117)75(37-58-18-12-11-13-19-58)101-92(131)71(56(6)107)46-69(112)48-97-87(126)61(25-30-83(120)121)39-70(113)52-134-51-68(111)20-16-34-104-82(119)31-32-95(8,9)94(104)133/h11-13,18-19,21-24,26-29,53-57,61-65,71-76,86,105-110H,10,14-17,20,25,30-52,96H2,1-9H3,(H,97,126)(H,98,127)(H,99,128)(H,100,129)(H,101,131)(H,102,132)(H,103,130)(H,120,121)(H,122,123)(H,124,125)/t54-,55+,56+,57+,61+,62+,63-,64-,65-,71-,72-,73-,74-,75-,76-,86-/m0/s1. The van der Waals surface area contributed by atoms with Crippen LogP contribution in [0.4, 0.5) is 0 Å². The van der Waals surface area contributed by atoms with E-state index in [1.54, 1.807) is 78.8 Å². The van der Waals surface area contributed by atoms with E-state index in [-0.39, 0.29) is 110 Å². The van der Waals surface area contributed by atoms with Crippen LogP contribution in [0.25, 0.3) is 0 Å². The number of hydrogen-bond donors (Lipinski definition) is 17. The van der Waals surface area contributed by atoms with Gasteiger partial charge >= 0.3 is 17.9 Å². The van der Waals surface area contributed by atoms with Crippen LogP contribution in [-0.2, 0) is 115 Å². The zero-order valence-corrected chi connectivity index (χ0v) is 78.5. The lowest BCUT2D eigenvalue weighted by Gasteiger charge is -2.35. The molecule has 38 nitrogen and oxygen atoms in total. The Morgan fingerprint density at radius 1 is 0.455 bits per heavy atom. The number of aliphatic hydroxyl groups is 4. The van der Waals surface area contributed by atoms with Crippen LogP contribution in [-0.4, -0.2) is 261 Å². The number of phenols is 2. The molecular weight excluding hydrogens is 1760 g/mol. The number of nitrogens with one attached hydrogen (secondary N) is 7. The second kappa shape index (κ2) is 58.0. The van der Waals surface area contributed by atoms with E-state index in [1.165, 1.54) is 48.5 Å². The summed E-state index contributed by atoms with van der Waals surface area (Å²) in [5.41, 5.74) is 6.04. The molecule has 0 aromatic heterocycles. The van der Waals surface area contributed by atoms with Crippen molar-refractivity contribution in [2.75, 3.05) is 44.4 Å². The Hall–Kier alpha value is -11.4. The van der Waals surface area contributed by atoms with Gasteiger partial charge in [0.05, 0.1) is 110 Å². The maximum absolute atomic E-state index is 14.9. The van der Waals surface area contributed by atoms with Gasteiger partial charge in [0.1, 0.15) is 29.1 Å². The fraction of sp³-hybridized carbons (Fsp3) is 0.600. The lowest BCUT2D eigenvalue weighted by atomic mass is 9.83. The molecule has 39 heteroatoms. The molecule has 0 radical (unpaired) electrons. The number of unbranched alkanes of at least 4 members (excludes halogenated alkanes) is 1. The summed E-state index contributed by atoms with van der Waals surface area (Å²) in [6.45, 7) is 11.6. The van der Waals surface area contributed by atoms with Gasteiger partial charge in [-0.3, -0.25) is 101 Å². The number of carboxylic acid groups (broad SMARTS) is 3. The molecule has 0 aliphatic carbocycles. The monoisotopic (exact) mass is 1900 g/mol. The normalized spacial score (nSPS) is 16.1. The summed E-state index contributed by atoms with van der Waals surface area (Å²) in [4.78, 5) is 274. The van der Waals surface area contributed by atoms with Crippen molar-refractivity contribution in [1.82, 2.24) is 42.1 Å². The molecule has 3 aromatic carbocycles. The zero-order valence-electron chi connectivity index (χ0n) is 77.7. The molecule has 0 saturated carbocycles. The number of aliphatic hydroxyl groups excluding tert-OH is 4. The smallest absolute Gasteiger partial charge is 0.304 e. The number of nitrogens with two attached hydrogens (primary N) is 1. The number of carboxylic acids is 3. The number of likely N-dealkylation sites (tertiary alicyclic amines) is 1. The fourth-order valence-electron chi connectivity index (χ4n) is 15.3. The summed E-state index contributed by atoms with van der Waals surface area (Å²) in [7, 11) is 0. The van der Waals surface area contributed by atoms with Crippen LogP contribution in [0, 0.1) is 58.7 Å². The Balaban J connectivity index is 1.52. The first-order valence-corrected chi connectivity index (χ1v) is 46.5. The highest BCUT2D eigenvalue weighted by Crippen LogP contribution is 2.32. The van der Waals surface area contributed by atoms with E-state index in [2.05, 4.69) is 37.2 Å². The molecule has 3 aromatic rings. The van der Waals surface area contributed by atoms with E-state index < -0.39 is 291 Å². The molecule has 4 rings (SSSR count). The van der Waals surface area contributed by atoms with Gasteiger partial charge in [-0.25, -0.2) is 0 Å². The maximum Gasteiger partial charge on any atom is 0.304 e. The SMILES string of the molecule is CC[C@H](C)[C@H](NC(=O)[C@H](CO)CC(=O)[C@H](Cc1ccc(O)cc1)NC(=O)[C@H](CC(=O)O)CC(=O)[C@H](CO)NC(=O)[C@@H](CC(=O)[C@H](Cc1ccccc1)NC(=O)[C@@H](CC(=O)CNC(=O)[C@H](CCC(=O)O)CC(=O)CSCC(=O)CCCN1C(=O)CCC(C)(C)C1=O)[C@@H](C)O)[C@@H](C)O)C(=O)C[C@@H](Cc1ccc(O)cc1)C(=O)N[C@@H](CC(C)C)C(=O)C[C@@H](CC(=O)O)C(=O)N[C@H](C)CCCCN. The number of carbonyl (C=O) groups excluding carboxylic acids is 17. The first-order valence-electron chi connectivity index (χ1n) is 45.3. The molecule has 1 saturated heterocycles. The van der Waals surface area contributed by atoms with Gasteiger partial charge in [-0.15, -0.1) is 11.8 Å². The molecule has 9 amide bonds. The lowest BCUT2D eigenvalue weighted by Crippen LogP contribution is -2.52. The average Bonchev–Trinajstić information content (AvgIpc) is 0.802. The Kier molecular flexibility index (Phi) is 49.8. The molecule has 1 fully saturated rings. The molecule has 740 valence electrons.